The molecule has 3 aliphatic rings. The van der Waals surface area contributed by atoms with Gasteiger partial charge in [0.2, 0.25) is 5.88 Å². The van der Waals surface area contributed by atoms with E-state index in [4.69, 9.17) is 16.3 Å². The second-order valence-corrected chi connectivity index (χ2v) is 10.00. The number of amides is 1. The van der Waals surface area contributed by atoms with Gasteiger partial charge in [-0.25, -0.2) is 4.79 Å². The standard InChI is InChI=1S/C24H31ClN4O2/c1-16-26-10-23(27-16)31-24(30)29(12-18-7-4-8-19(25)9-18)15-22-20-13-28(14-21(20)22)11-17-5-2-3-6-17/h4,7-10,17,20-22H,2-3,5-6,11-15H2,1H3,(H,26,27). The number of benzene rings is 1. The summed E-state index contributed by atoms with van der Waals surface area (Å²) in [6.45, 7) is 6.69. The van der Waals surface area contributed by atoms with Crippen molar-refractivity contribution in [2.45, 2.75) is 39.2 Å². The number of hydrogen-bond acceptors (Lipinski definition) is 4. The Morgan fingerprint density at radius 1 is 1.29 bits per heavy atom. The molecule has 7 heteroatoms. The van der Waals surface area contributed by atoms with Gasteiger partial charge in [0.25, 0.3) is 0 Å². The minimum absolute atomic E-state index is 0.317. The molecule has 1 aliphatic heterocycles. The number of rotatable bonds is 7. The fourth-order valence-electron chi connectivity index (χ4n) is 5.63. The zero-order valence-corrected chi connectivity index (χ0v) is 18.9. The number of halogens is 1. The van der Waals surface area contributed by atoms with Crippen LogP contribution in [-0.4, -0.2) is 52.0 Å². The molecule has 2 atom stereocenters. The van der Waals surface area contributed by atoms with Crippen molar-refractivity contribution in [2.75, 3.05) is 26.2 Å². The Balaban J connectivity index is 1.21. The Hall–Kier alpha value is -2.05. The number of fused-ring (bicyclic) bond motifs is 1. The highest BCUT2D eigenvalue weighted by Crippen LogP contribution is 2.52. The van der Waals surface area contributed by atoms with Crippen LogP contribution in [0.25, 0.3) is 0 Å². The van der Waals surface area contributed by atoms with Crippen LogP contribution in [0.2, 0.25) is 5.02 Å². The van der Waals surface area contributed by atoms with Crippen molar-refractivity contribution in [3.05, 3.63) is 46.9 Å². The van der Waals surface area contributed by atoms with Gasteiger partial charge in [0.05, 0.1) is 6.20 Å². The normalized spacial score (nSPS) is 25.5. The molecule has 166 valence electrons. The number of hydrogen-bond donors (Lipinski definition) is 1. The molecule has 3 fully saturated rings. The van der Waals surface area contributed by atoms with Crippen molar-refractivity contribution < 1.29 is 9.53 Å². The van der Waals surface area contributed by atoms with Crippen molar-refractivity contribution in [2.24, 2.45) is 23.7 Å². The summed E-state index contributed by atoms with van der Waals surface area (Å²) >= 11 is 6.17. The van der Waals surface area contributed by atoms with E-state index < -0.39 is 0 Å². The summed E-state index contributed by atoms with van der Waals surface area (Å²) in [7, 11) is 0. The highest BCUT2D eigenvalue weighted by Gasteiger charge is 2.56. The second kappa shape index (κ2) is 8.83. The highest BCUT2D eigenvalue weighted by atomic mass is 35.5. The number of aryl methyl sites for hydroxylation is 1. The summed E-state index contributed by atoms with van der Waals surface area (Å²) in [6.07, 6.45) is 6.90. The first-order valence-corrected chi connectivity index (χ1v) is 11.9. The number of ether oxygens (including phenoxy) is 1. The van der Waals surface area contributed by atoms with E-state index in [1.54, 1.807) is 6.20 Å². The first kappa shape index (κ1) is 20.8. The Labute approximate surface area is 188 Å². The fraction of sp³-hybridized carbons (Fsp3) is 0.583. The van der Waals surface area contributed by atoms with Crippen LogP contribution < -0.4 is 4.74 Å². The molecule has 2 aromatic rings. The lowest BCUT2D eigenvalue weighted by atomic mass is 10.1. The van der Waals surface area contributed by atoms with Crippen molar-refractivity contribution in [1.82, 2.24) is 19.8 Å². The van der Waals surface area contributed by atoms with E-state index in [1.807, 2.05) is 36.1 Å². The molecule has 1 amide bonds. The van der Waals surface area contributed by atoms with E-state index in [1.165, 1.54) is 45.3 Å². The number of piperidine rings is 1. The summed E-state index contributed by atoms with van der Waals surface area (Å²) in [5.74, 6) is 3.93. The number of carbonyl (C=O) groups excluding carboxylic acids is 1. The van der Waals surface area contributed by atoms with Crippen LogP contribution in [0.15, 0.2) is 30.5 Å². The number of carbonyl (C=O) groups is 1. The van der Waals surface area contributed by atoms with Gasteiger partial charge in [-0.1, -0.05) is 36.6 Å². The molecule has 1 aromatic heterocycles. The molecule has 2 unspecified atom stereocenters. The maximum atomic E-state index is 13.0. The smallest absolute Gasteiger partial charge is 0.389 e. The lowest BCUT2D eigenvalue weighted by Gasteiger charge is -2.26. The van der Waals surface area contributed by atoms with E-state index in [0.717, 1.165) is 23.9 Å². The monoisotopic (exact) mass is 442 g/mol. The van der Waals surface area contributed by atoms with E-state index in [0.29, 0.717) is 35.2 Å². The maximum absolute atomic E-state index is 13.0. The van der Waals surface area contributed by atoms with E-state index in [-0.39, 0.29) is 6.09 Å². The van der Waals surface area contributed by atoms with E-state index >= 15 is 0 Å². The average molecular weight is 443 g/mol. The minimum atomic E-state index is -0.348. The summed E-state index contributed by atoms with van der Waals surface area (Å²) in [5, 5.41) is 0.680. The van der Waals surface area contributed by atoms with Crippen LogP contribution in [0.5, 0.6) is 5.88 Å². The van der Waals surface area contributed by atoms with Crippen LogP contribution >= 0.6 is 11.6 Å². The second-order valence-electron chi connectivity index (χ2n) is 9.56. The number of imidazole rings is 1. The molecule has 31 heavy (non-hydrogen) atoms. The third kappa shape index (κ3) is 4.90. The molecule has 5 rings (SSSR count). The molecular formula is C24H31ClN4O2. The average Bonchev–Trinajstić information content (AvgIpc) is 3.22. The minimum Gasteiger partial charge on any atom is -0.389 e. The number of aromatic nitrogens is 2. The van der Waals surface area contributed by atoms with Gasteiger partial charge >= 0.3 is 6.09 Å². The lowest BCUT2D eigenvalue weighted by molar-refractivity contribution is 0.140. The van der Waals surface area contributed by atoms with Crippen molar-refractivity contribution in [3.8, 4) is 5.88 Å². The Morgan fingerprint density at radius 3 is 2.74 bits per heavy atom. The summed E-state index contributed by atoms with van der Waals surface area (Å²) in [4.78, 5) is 24.6. The van der Waals surface area contributed by atoms with Crippen molar-refractivity contribution in [1.29, 1.82) is 0 Å². The van der Waals surface area contributed by atoms with E-state index in [9.17, 15) is 4.79 Å². The summed E-state index contributed by atoms with van der Waals surface area (Å²) in [6, 6.07) is 7.69. The van der Waals surface area contributed by atoms with Crippen LogP contribution in [0.4, 0.5) is 4.79 Å². The Bertz CT molecular complexity index is 914. The molecule has 6 nitrogen and oxygen atoms in total. The number of nitrogens with one attached hydrogen (secondary N) is 1. The predicted octanol–water partition coefficient (Wildman–Crippen LogP) is 4.74. The SMILES string of the molecule is Cc1nc(OC(=O)N(Cc2cccc(Cl)c2)CC2C3CN(CC4CCCC4)CC32)c[nH]1. The number of H-pyrrole nitrogens is 1. The van der Waals surface area contributed by atoms with Gasteiger partial charge in [0.15, 0.2) is 0 Å². The van der Waals surface area contributed by atoms with Gasteiger partial charge < -0.3 is 19.5 Å². The first-order valence-electron chi connectivity index (χ1n) is 11.5. The van der Waals surface area contributed by atoms with E-state index in [2.05, 4.69) is 14.9 Å². The van der Waals surface area contributed by atoms with Gasteiger partial charge in [-0.2, -0.15) is 4.98 Å². The summed E-state index contributed by atoms with van der Waals surface area (Å²) < 4.78 is 5.56. The molecule has 1 aromatic carbocycles. The number of likely N-dealkylation sites (tertiary alicyclic amines) is 1. The molecule has 1 saturated heterocycles. The van der Waals surface area contributed by atoms with Crippen LogP contribution in [0.1, 0.15) is 37.1 Å². The predicted molar refractivity (Wildman–Crippen MR) is 120 cm³/mol. The van der Waals surface area contributed by atoms with Gasteiger partial charge in [-0.15, -0.1) is 0 Å². The van der Waals surface area contributed by atoms with Crippen LogP contribution in [-0.2, 0) is 6.54 Å². The fourth-order valence-corrected chi connectivity index (χ4v) is 5.84. The molecule has 1 N–H and O–H groups in total. The van der Waals surface area contributed by atoms with Gasteiger partial charge in [0, 0.05) is 37.7 Å². The summed E-state index contributed by atoms with van der Waals surface area (Å²) in [5.41, 5.74) is 1.01. The van der Waals surface area contributed by atoms with Crippen LogP contribution in [0, 0.1) is 30.6 Å². The van der Waals surface area contributed by atoms with Crippen molar-refractivity contribution in [3.63, 3.8) is 0 Å². The topological polar surface area (TPSA) is 61.5 Å². The number of aromatic amines is 1. The van der Waals surface area contributed by atoms with Gasteiger partial charge in [-0.05, 0) is 61.1 Å². The molecule has 2 aliphatic carbocycles. The third-order valence-corrected chi connectivity index (χ3v) is 7.50. The molecule has 0 spiro atoms. The maximum Gasteiger partial charge on any atom is 0.416 e. The molecule has 0 bridgehead atoms. The van der Waals surface area contributed by atoms with Gasteiger partial charge in [0.1, 0.15) is 5.82 Å². The molecule has 0 radical (unpaired) electrons. The van der Waals surface area contributed by atoms with Crippen molar-refractivity contribution >= 4 is 17.7 Å². The third-order valence-electron chi connectivity index (χ3n) is 7.26. The molecule has 2 saturated carbocycles. The molecular weight excluding hydrogens is 412 g/mol. The first-order chi connectivity index (χ1) is 15.0. The zero-order valence-electron chi connectivity index (χ0n) is 18.1. The quantitative estimate of drug-likeness (QED) is 0.672. The number of nitrogens with zero attached hydrogens (tertiary/aromatic N) is 3. The van der Waals surface area contributed by atoms with Crippen LogP contribution in [0.3, 0.4) is 0 Å². The lowest BCUT2D eigenvalue weighted by Crippen LogP contribution is -2.37. The zero-order chi connectivity index (χ0) is 21.4. The highest BCUT2D eigenvalue weighted by molar-refractivity contribution is 6.30. The van der Waals surface area contributed by atoms with Gasteiger partial charge in [-0.3, -0.25) is 0 Å². The Morgan fingerprint density at radius 2 is 2.06 bits per heavy atom. The Kier molecular flexibility index (Phi) is 5.93. The largest absolute Gasteiger partial charge is 0.416 e. The molecule has 2 heterocycles.